The molecule has 2 heterocycles. The zero-order chi connectivity index (χ0) is 22.0. The lowest BCUT2D eigenvalue weighted by atomic mass is 9.98. The smallest absolute Gasteiger partial charge is 0.356 e. The SMILES string of the molecule is CCOC(=O)c1[nH]c2ccc(OC)cc2c1NC(=O)[C@H](C)N1CCc2ccccc2C1. The third-order valence-electron chi connectivity index (χ3n) is 5.82. The fraction of sp³-hybridized carbons (Fsp3) is 0.333. The minimum absolute atomic E-state index is 0.173. The van der Waals surface area contributed by atoms with E-state index in [4.69, 9.17) is 9.47 Å². The first-order chi connectivity index (χ1) is 15.0. The van der Waals surface area contributed by atoms with Gasteiger partial charge in [-0.3, -0.25) is 9.69 Å². The van der Waals surface area contributed by atoms with Crippen molar-refractivity contribution in [2.24, 2.45) is 0 Å². The van der Waals surface area contributed by atoms with Crippen LogP contribution < -0.4 is 10.1 Å². The summed E-state index contributed by atoms with van der Waals surface area (Å²) in [5, 5.41) is 3.68. The molecule has 0 radical (unpaired) electrons. The fourth-order valence-electron chi connectivity index (χ4n) is 4.03. The van der Waals surface area contributed by atoms with Crippen LogP contribution in [0.1, 0.15) is 35.5 Å². The van der Waals surface area contributed by atoms with Gasteiger partial charge < -0.3 is 19.8 Å². The number of hydrogen-bond acceptors (Lipinski definition) is 5. The number of methoxy groups -OCH3 is 1. The van der Waals surface area contributed by atoms with Gasteiger partial charge in [0.25, 0.3) is 0 Å². The minimum atomic E-state index is -0.507. The molecule has 0 spiro atoms. The highest BCUT2D eigenvalue weighted by atomic mass is 16.5. The summed E-state index contributed by atoms with van der Waals surface area (Å²) in [5.41, 5.74) is 3.95. The Hall–Kier alpha value is -3.32. The molecule has 0 aliphatic carbocycles. The van der Waals surface area contributed by atoms with Crippen molar-refractivity contribution in [1.82, 2.24) is 9.88 Å². The second-order valence-corrected chi connectivity index (χ2v) is 7.66. The Morgan fingerprint density at radius 2 is 1.97 bits per heavy atom. The van der Waals surface area contributed by atoms with Gasteiger partial charge in [0, 0.05) is 24.0 Å². The van der Waals surface area contributed by atoms with Crippen LogP contribution in [0.3, 0.4) is 0 Å². The molecule has 0 unspecified atom stereocenters. The Balaban J connectivity index is 1.61. The van der Waals surface area contributed by atoms with Crippen LogP contribution in [-0.2, 0) is 22.5 Å². The molecule has 0 fully saturated rings. The van der Waals surface area contributed by atoms with Crippen molar-refractivity contribution in [2.45, 2.75) is 32.9 Å². The topological polar surface area (TPSA) is 83.7 Å². The highest BCUT2D eigenvalue weighted by Crippen LogP contribution is 2.32. The Kier molecular flexibility index (Phi) is 5.95. The van der Waals surface area contributed by atoms with Crippen molar-refractivity contribution < 1.29 is 19.1 Å². The molecule has 0 saturated carbocycles. The van der Waals surface area contributed by atoms with Crippen LogP contribution in [-0.4, -0.2) is 48.1 Å². The van der Waals surface area contributed by atoms with Crippen LogP contribution in [0, 0.1) is 0 Å². The third kappa shape index (κ3) is 4.14. The van der Waals surface area contributed by atoms with Crippen LogP contribution in [0.2, 0.25) is 0 Å². The molecule has 1 aliphatic rings. The lowest BCUT2D eigenvalue weighted by molar-refractivity contribution is -0.121. The molecule has 7 nitrogen and oxygen atoms in total. The molecule has 4 rings (SSSR count). The minimum Gasteiger partial charge on any atom is -0.497 e. The van der Waals surface area contributed by atoms with Crippen LogP contribution in [0.4, 0.5) is 5.69 Å². The van der Waals surface area contributed by atoms with E-state index in [0.29, 0.717) is 16.8 Å². The van der Waals surface area contributed by atoms with E-state index in [1.54, 1.807) is 26.2 Å². The summed E-state index contributed by atoms with van der Waals surface area (Å²) in [7, 11) is 1.58. The van der Waals surface area contributed by atoms with Crippen molar-refractivity contribution in [3.63, 3.8) is 0 Å². The number of ether oxygens (including phenoxy) is 2. The molecular formula is C24H27N3O4. The van der Waals surface area contributed by atoms with Gasteiger partial charge in [0.1, 0.15) is 11.4 Å². The van der Waals surface area contributed by atoms with E-state index >= 15 is 0 Å². The van der Waals surface area contributed by atoms with Crippen molar-refractivity contribution in [1.29, 1.82) is 0 Å². The van der Waals surface area contributed by atoms with E-state index in [9.17, 15) is 9.59 Å². The quantitative estimate of drug-likeness (QED) is 0.593. The molecule has 0 saturated heterocycles. The molecule has 7 heteroatoms. The summed E-state index contributed by atoms with van der Waals surface area (Å²) in [6.45, 7) is 5.41. The first kappa shape index (κ1) is 20.9. The summed E-state index contributed by atoms with van der Waals surface area (Å²) in [6, 6.07) is 13.4. The Labute approximate surface area is 181 Å². The molecule has 1 atom stereocenters. The first-order valence-corrected chi connectivity index (χ1v) is 10.5. The standard InChI is InChI=1S/C24H27N3O4/c1-4-31-24(29)22-21(19-13-18(30-3)9-10-20(19)25-22)26-23(28)15(2)27-12-11-16-7-5-6-8-17(16)14-27/h5-10,13,15,25H,4,11-12,14H2,1-3H3,(H,26,28)/t15-/m0/s1. The summed E-state index contributed by atoms with van der Waals surface area (Å²) in [4.78, 5) is 31.0. The average Bonchev–Trinajstić information content (AvgIpc) is 3.15. The van der Waals surface area contributed by atoms with Gasteiger partial charge in [-0.15, -0.1) is 0 Å². The lowest BCUT2D eigenvalue weighted by Gasteiger charge is -2.32. The van der Waals surface area contributed by atoms with Gasteiger partial charge in [0.2, 0.25) is 5.91 Å². The zero-order valence-electron chi connectivity index (χ0n) is 18.0. The van der Waals surface area contributed by atoms with Gasteiger partial charge in [-0.2, -0.15) is 0 Å². The maximum absolute atomic E-state index is 13.2. The predicted molar refractivity (Wildman–Crippen MR) is 119 cm³/mol. The monoisotopic (exact) mass is 421 g/mol. The highest BCUT2D eigenvalue weighted by molar-refractivity contribution is 6.12. The molecule has 162 valence electrons. The highest BCUT2D eigenvalue weighted by Gasteiger charge is 2.28. The van der Waals surface area contributed by atoms with E-state index in [-0.39, 0.29) is 24.2 Å². The molecule has 0 bridgehead atoms. The van der Waals surface area contributed by atoms with E-state index in [0.717, 1.165) is 25.0 Å². The summed E-state index contributed by atoms with van der Waals surface area (Å²) < 4.78 is 10.5. The van der Waals surface area contributed by atoms with E-state index < -0.39 is 5.97 Å². The number of fused-ring (bicyclic) bond motifs is 2. The molecule has 31 heavy (non-hydrogen) atoms. The molecule has 1 amide bonds. The zero-order valence-corrected chi connectivity index (χ0v) is 18.0. The second kappa shape index (κ2) is 8.81. The fourth-order valence-corrected chi connectivity index (χ4v) is 4.03. The number of rotatable bonds is 6. The van der Waals surface area contributed by atoms with Crippen molar-refractivity contribution in [3.8, 4) is 5.75 Å². The third-order valence-corrected chi connectivity index (χ3v) is 5.82. The maximum atomic E-state index is 13.2. The van der Waals surface area contributed by atoms with E-state index in [1.165, 1.54) is 11.1 Å². The van der Waals surface area contributed by atoms with Gasteiger partial charge >= 0.3 is 5.97 Å². The Morgan fingerprint density at radius 3 is 2.71 bits per heavy atom. The number of benzene rings is 2. The van der Waals surface area contributed by atoms with E-state index in [1.807, 2.05) is 25.1 Å². The van der Waals surface area contributed by atoms with Gasteiger partial charge in [-0.05, 0) is 49.6 Å². The normalized spacial score (nSPS) is 14.7. The van der Waals surface area contributed by atoms with Crippen LogP contribution in [0.25, 0.3) is 10.9 Å². The molecule has 1 aliphatic heterocycles. The molecule has 2 aromatic carbocycles. The molecule has 2 N–H and O–H groups in total. The van der Waals surface area contributed by atoms with Crippen molar-refractivity contribution >= 4 is 28.5 Å². The van der Waals surface area contributed by atoms with Crippen molar-refractivity contribution in [2.75, 3.05) is 25.6 Å². The number of esters is 1. The molecule has 1 aromatic heterocycles. The number of nitrogens with one attached hydrogen (secondary N) is 2. The number of amides is 1. The van der Waals surface area contributed by atoms with Crippen LogP contribution in [0.5, 0.6) is 5.75 Å². The van der Waals surface area contributed by atoms with Gasteiger partial charge in [0.05, 0.1) is 25.4 Å². The van der Waals surface area contributed by atoms with Gasteiger partial charge in [-0.1, -0.05) is 24.3 Å². The number of H-pyrrole nitrogens is 1. The second-order valence-electron chi connectivity index (χ2n) is 7.66. The van der Waals surface area contributed by atoms with E-state index in [2.05, 4.69) is 27.3 Å². The average molecular weight is 421 g/mol. The Morgan fingerprint density at radius 1 is 1.19 bits per heavy atom. The number of hydrogen-bond donors (Lipinski definition) is 2. The number of nitrogens with zero attached hydrogens (tertiary/aromatic N) is 1. The number of aromatic amines is 1. The number of aromatic nitrogens is 1. The van der Waals surface area contributed by atoms with Crippen LogP contribution in [0.15, 0.2) is 42.5 Å². The summed E-state index contributed by atoms with van der Waals surface area (Å²) in [5.74, 6) is -0.0423. The first-order valence-electron chi connectivity index (χ1n) is 10.5. The Bertz CT molecular complexity index is 1120. The molecule has 3 aromatic rings. The number of carbonyl (C=O) groups is 2. The lowest BCUT2D eigenvalue weighted by Crippen LogP contribution is -2.44. The van der Waals surface area contributed by atoms with Crippen molar-refractivity contribution in [3.05, 3.63) is 59.3 Å². The van der Waals surface area contributed by atoms with Crippen LogP contribution >= 0.6 is 0 Å². The maximum Gasteiger partial charge on any atom is 0.356 e. The van der Waals surface area contributed by atoms with Gasteiger partial charge in [0.15, 0.2) is 0 Å². The summed E-state index contributed by atoms with van der Waals surface area (Å²) >= 11 is 0. The molecular weight excluding hydrogens is 394 g/mol. The van der Waals surface area contributed by atoms with Gasteiger partial charge in [-0.25, -0.2) is 4.79 Å². The largest absolute Gasteiger partial charge is 0.497 e. The number of carbonyl (C=O) groups excluding carboxylic acids is 2. The number of anilines is 1. The predicted octanol–water partition coefficient (Wildman–Crippen LogP) is 3.74. The summed E-state index contributed by atoms with van der Waals surface area (Å²) in [6.07, 6.45) is 0.909.